The van der Waals surface area contributed by atoms with Crippen LogP contribution in [0.25, 0.3) is 11.0 Å². The number of aromatic nitrogens is 4. The van der Waals surface area contributed by atoms with E-state index in [4.69, 9.17) is 4.98 Å². The molecule has 0 bridgehead atoms. The second-order valence-electron chi connectivity index (χ2n) is 5.87. The second-order valence-corrected chi connectivity index (χ2v) is 5.87. The van der Waals surface area contributed by atoms with Crippen molar-refractivity contribution in [2.45, 2.75) is 38.8 Å². The molecule has 0 fully saturated rings. The maximum Gasteiger partial charge on any atom is 0.133 e. The van der Waals surface area contributed by atoms with Crippen LogP contribution in [0, 0.1) is 0 Å². The number of imidazole rings is 2. The van der Waals surface area contributed by atoms with E-state index in [1.807, 2.05) is 0 Å². The van der Waals surface area contributed by atoms with Crippen LogP contribution < -0.4 is 5.32 Å². The molecule has 2 aromatic heterocycles. The van der Waals surface area contributed by atoms with Crippen molar-refractivity contribution in [2.24, 2.45) is 0 Å². The molecule has 2 N–H and O–H groups in total. The number of benzene rings is 1. The number of unbranched alkanes of at least 4 members (excludes halogenated alkanes) is 1. The second kappa shape index (κ2) is 5.57. The summed E-state index contributed by atoms with van der Waals surface area (Å²) in [5.74, 6) is 1.09. The Kier molecular flexibility index (Phi) is 3.42. The first-order valence-electron chi connectivity index (χ1n) is 8.09. The maximum atomic E-state index is 4.91. The van der Waals surface area contributed by atoms with Crippen molar-refractivity contribution in [3.05, 3.63) is 47.8 Å². The quantitative estimate of drug-likeness (QED) is 0.778. The highest BCUT2D eigenvalue weighted by Gasteiger charge is 2.28. The number of rotatable bonds is 4. The molecular weight excluding hydrogens is 274 g/mol. The molecule has 1 aliphatic rings. The van der Waals surface area contributed by atoms with Crippen molar-refractivity contribution in [3.8, 4) is 0 Å². The standard InChI is InChI=1S/C17H21N5/c1-2-3-10-22-14-7-5-4-6-12(14)21-17(22)16-15-13(8-9-18-16)19-11-20-15/h4-7,11,16,18H,2-3,8-10H2,1H3,(H,19,20)/t16-/m0/s1. The first-order valence-corrected chi connectivity index (χ1v) is 8.09. The van der Waals surface area contributed by atoms with Crippen LogP contribution in [0.1, 0.15) is 43.0 Å². The fraction of sp³-hybridized carbons (Fsp3) is 0.412. The van der Waals surface area contributed by atoms with Gasteiger partial charge in [0.25, 0.3) is 0 Å². The van der Waals surface area contributed by atoms with Gasteiger partial charge >= 0.3 is 0 Å². The van der Waals surface area contributed by atoms with Gasteiger partial charge in [-0.3, -0.25) is 0 Å². The van der Waals surface area contributed by atoms with Gasteiger partial charge in [0.15, 0.2) is 0 Å². The molecule has 0 radical (unpaired) electrons. The lowest BCUT2D eigenvalue weighted by atomic mass is 10.0. The molecular formula is C17H21N5. The number of nitrogens with one attached hydrogen (secondary N) is 2. The number of H-pyrrole nitrogens is 1. The van der Waals surface area contributed by atoms with E-state index in [1.54, 1.807) is 6.33 Å². The van der Waals surface area contributed by atoms with E-state index < -0.39 is 0 Å². The number of hydrogen-bond acceptors (Lipinski definition) is 3. The number of aromatic amines is 1. The van der Waals surface area contributed by atoms with Crippen molar-refractivity contribution in [3.63, 3.8) is 0 Å². The zero-order valence-electron chi connectivity index (χ0n) is 12.8. The van der Waals surface area contributed by atoms with Gasteiger partial charge in [-0.2, -0.15) is 0 Å². The lowest BCUT2D eigenvalue weighted by Gasteiger charge is -2.23. The van der Waals surface area contributed by atoms with Gasteiger partial charge in [-0.05, 0) is 18.6 Å². The third kappa shape index (κ3) is 2.13. The van der Waals surface area contributed by atoms with Crippen molar-refractivity contribution < 1.29 is 0 Å². The van der Waals surface area contributed by atoms with Crippen LogP contribution in [0.4, 0.5) is 0 Å². The lowest BCUT2D eigenvalue weighted by Crippen LogP contribution is -2.32. The van der Waals surface area contributed by atoms with E-state index in [2.05, 4.69) is 51.0 Å². The van der Waals surface area contributed by atoms with Crippen LogP contribution in [0.5, 0.6) is 0 Å². The Labute approximate surface area is 129 Å². The highest BCUT2D eigenvalue weighted by Crippen LogP contribution is 2.28. The van der Waals surface area contributed by atoms with Gasteiger partial charge in [-0.1, -0.05) is 25.5 Å². The molecule has 0 amide bonds. The van der Waals surface area contributed by atoms with Gasteiger partial charge in [0, 0.05) is 25.2 Å². The SMILES string of the molecule is CCCCn1c([C@H]2NCCc3[nH]cnc32)nc2ccccc21. The first-order chi connectivity index (χ1) is 10.9. The minimum atomic E-state index is 0.0826. The molecule has 3 aromatic rings. The molecule has 5 nitrogen and oxygen atoms in total. The van der Waals surface area contributed by atoms with Crippen molar-refractivity contribution in [1.82, 2.24) is 24.8 Å². The molecule has 0 saturated heterocycles. The van der Waals surface area contributed by atoms with Gasteiger partial charge in [-0.25, -0.2) is 9.97 Å². The highest BCUT2D eigenvalue weighted by molar-refractivity contribution is 5.76. The summed E-state index contributed by atoms with van der Waals surface area (Å²) in [7, 11) is 0. The third-order valence-corrected chi connectivity index (χ3v) is 4.43. The molecule has 114 valence electrons. The molecule has 5 heteroatoms. The average Bonchev–Trinajstić information content (AvgIpc) is 3.17. The highest BCUT2D eigenvalue weighted by atomic mass is 15.1. The van der Waals surface area contributed by atoms with Crippen molar-refractivity contribution >= 4 is 11.0 Å². The van der Waals surface area contributed by atoms with E-state index in [1.165, 1.54) is 17.6 Å². The Morgan fingerprint density at radius 3 is 3.14 bits per heavy atom. The third-order valence-electron chi connectivity index (χ3n) is 4.43. The fourth-order valence-electron chi connectivity index (χ4n) is 3.30. The fourth-order valence-corrected chi connectivity index (χ4v) is 3.30. The molecule has 0 aliphatic carbocycles. The predicted molar refractivity (Wildman–Crippen MR) is 86.8 cm³/mol. The zero-order valence-corrected chi connectivity index (χ0v) is 12.8. The van der Waals surface area contributed by atoms with E-state index in [0.717, 1.165) is 43.0 Å². The number of hydrogen-bond donors (Lipinski definition) is 2. The van der Waals surface area contributed by atoms with E-state index in [9.17, 15) is 0 Å². The summed E-state index contributed by atoms with van der Waals surface area (Å²) in [6.45, 7) is 4.19. The molecule has 1 atom stereocenters. The Morgan fingerprint density at radius 2 is 2.23 bits per heavy atom. The Balaban J connectivity index is 1.85. The predicted octanol–water partition coefficient (Wildman–Crippen LogP) is 2.79. The van der Waals surface area contributed by atoms with Gasteiger partial charge in [0.1, 0.15) is 11.9 Å². The maximum absolute atomic E-state index is 4.91. The Bertz CT molecular complexity index is 785. The Hall–Kier alpha value is -2.14. The van der Waals surface area contributed by atoms with Crippen LogP contribution in [0.3, 0.4) is 0 Å². The van der Waals surface area contributed by atoms with Crippen LogP contribution in [0.2, 0.25) is 0 Å². The van der Waals surface area contributed by atoms with E-state index in [-0.39, 0.29) is 6.04 Å². The monoisotopic (exact) mass is 295 g/mol. The smallest absolute Gasteiger partial charge is 0.133 e. The molecule has 1 aliphatic heterocycles. The summed E-state index contributed by atoms with van der Waals surface area (Å²) < 4.78 is 2.36. The number of aryl methyl sites for hydroxylation is 1. The summed E-state index contributed by atoms with van der Waals surface area (Å²) in [6.07, 6.45) is 5.13. The lowest BCUT2D eigenvalue weighted by molar-refractivity contribution is 0.499. The van der Waals surface area contributed by atoms with Crippen molar-refractivity contribution in [1.29, 1.82) is 0 Å². The van der Waals surface area contributed by atoms with E-state index in [0.29, 0.717) is 0 Å². The normalized spacial score (nSPS) is 17.8. The summed E-state index contributed by atoms with van der Waals surface area (Å²) in [6, 6.07) is 8.48. The average molecular weight is 295 g/mol. The summed E-state index contributed by atoms with van der Waals surface area (Å²) in [5.41, 5.74) is 4.62. The summed E-state index contributed by atoms with van der Waals surface area (Å²) >= 11 is 0. The summed E-state index contributed by atoms with van der Waals surface area (Å²) in [5, 5.41) is 3.59. The zero-order chi connectivity index (χ0) is 14.9. The molecule has 0 unspecified atom stereocenters. The largest absolute Gasteiger partial charge is 0.348 e. The first kappa shape index (κ1) is 13.5. The van der Waals surface area contributed by atoms with E-state index >= 15 is 0 Å². The molecule has 0 spiro atoms. The minimum absolute atomic E-state index is 0.0826. The van der Waals surface area contributed by atoms with Gasteiger partial charge in [0.05, 0.1) is 23.1 Å². The van der Waals surface area contributed by atoms with Gasteiger partial charge < -0.3 is 14.9 Å². The van der Waals surface area contributed by atoms with Gasteiger partial charge in [-0.15, -0.1) is 0 Å². The summed E-state index contributed by atoms with van der Waals surface area (Å²) in [4.78, 5) is 12.7. The number of para-hydroxylation sites is 2. The van der Waals surface area contributed by atoms with Gasteiger partial charge in [0.2, 0.25) is 0 Å². The minimum Gasteiger partial charge on any atom is -0.348 e. The van der Waals surface area contributed by atoms with Crippen molar-refractivity contribution in [2.75, 3.05) is 6.54 Å². The molecule has 1 aromatic carbocycles. The van der Waals surface area contributed by atoms with Crippen LogP contribution in [-0.4, -0.2) is 26.1 Å². The van der Waals surface area contributed by atoms with Crippen LogP contribution in [0.15, 0.2) is 30.6 Å². The molecule has 4 rings (SSSR count). The topological polar surface area (TPSA) is 58.5 Å². The van der Waals surface area contributed by atoms with Crippen LogP contribution >= 0.6 is 0 Å². The number of fused-ring (bicyclic) bond motifs is 2. The molecule has 22 heavy (non-hydrogen) atoms. The van der Waals surface area contributed by atoms with Crippen LogP contribution in [-0.2, 0) is 13.0 Å². The Morgan fingerprint density at radius 1 is 1.32 bits per heavy atom. The number of nitrogens with zero attached hydrogens (tertiary/aromatic N) is 3. The molecule has 0 saturated carbocycles. The molecule has 3 heterocycles.